The first kappa shape index (κ1) is 11.3. The molecule has 1 nitrogen and oxygen atoms in total. The summed E-state index contributed by atoms with van der Waals surface area (Å²) in [6.45, 7) is 2.25. The third kappa shape index (κ3) is 3.93. The second-order valence-electron chi connectivity index (χ2n) is 4.13. The highest BCUT2D eigenvalue weighted by Crippen LogP contribution is 2.11. The summed E-state index contributed by atoms with van der Waals surface area (Å²) in [5.41, 5.74) is 1.36. The highest BCUT2D eigenvalue weighted by atomic mass is 15.1. The molecule has 0 radical (unpaired) electrons. The normalized spacial score (nSPS) is 19.0. The number of hydrogen-bond acceptors (Lipinski definition) is 1. The zero-order valence-electron chi connectivity index (χ0n) is 9.53. The molecule has 1 aliphatic rings. The molecule has 0 N–H and O–H groups in total. The molecule has 1 aliphatic carbocycles. The van der Waals surface area contributed by atoms with Crippen molar-refractivity contribution in [3.8, 4) is 0 Å². The standard InChI is InChI=1S/C13H21N/c1-12(14(2)3)8-7-11-13-9-5-4-6-10-13/h5,7,9-12H,4,6,8H2,1-3H3. The molecule has 0 fully saturated rings. The van der Waals surface area contributed by atoms with Crippen molar-refractivity contribution in [1.82, 2.24) is 4.90 Å². The maximum absolute atomic E-state index is 2.30. The Hall–Kier alpha value is -0.820. The van der Waals surface area contributed by atoms with Crippen molar-refractivity contribution in [2.75, 3.05) is 14.1 Å². The Morgan fingerprint density at radius 2 is 2.21 bits per heavy atom. The van der Waals surface area contributed by atoms with Gasteiger partial charge in [0, 0.05) is 6.04 Å². The lowest BCUT2D eigenvalue weighted by Crippen LogP contribution is -2.23. The van der Waals surface area contributed by atoms with E-state index in [2.05, 4.69) is 56.3 Å². The molecule has 1 heteroatoms. The number of allylic oxidation sites excluding steroid dienone is 5. The lowest BCUT2D eigenvalue weighted by atomic mass is 10.1. The van der Waals surface area contributed by atoms with Crippen molar-refractivity contribution in [2.45, 2.75) is 32.2 Å². The zero-order chi connectivity index (χ0) is 10.4. The van der Waals surface area contributed by atoms with Crippen LogP contribution in [0.1, 0.15) is 26.2 Å². The van der Waals surface area contributed by atoms with Gasteiger partial charge in [-0.1, -0.05) is 30.4 Å². The van der Waals surface area contributed by atoms with Crippen molar-refractivity contribution in [3.05, 3.63) is 36.0 Å². The summed E-state index contributed by atoms with van der Waals surface area (Å²) in [5.74, 6) is 0. The van der Waals surface area contributed by atoms with Crippen LogP contribution in [0.25, 0.3) is 0 Å². The number of nitrogens with zero attached hydrogens (tertiary/aromatic N) is 1. The second-order valence-corrected chi connectivity index (χ2v) is 4.13. The van der Waals surface area contributed by atoms with Gasteiger partial charge in [-0.05, 0) is 45.9 Å². The van der Waals surface area contributed by atoms with E-state index in [9.17, 15) is 0 Å². The van der Waals surface area contributed by atoms with Crippen LogP contribution < -0.4 is 0 Å². The fraction of sp³-hybridized carbons (Fsp3) is 0.538. The molecule has 78 valence electrons. The van der Waals surface area contributed by atoms with Crippen molar-refractivity contribution in [1.29, 1.82) is 0 Å². The zero-order valence-corrected chi connectivity index (χ0v) is 9.53. The third-order valence-corrected chi connectivity index (χ3v) is 2.69. The summed E-state index contributed by atoms with van der Waals surface area (Å²) >= 11 is 0. The van der Waals surface area contributed by atoms with Gasteiger partial charge in [-0.15, -0.1) is 0 Å². The third-order valence-electron chi connectivity index (χ3n) is 2.69. The van der Waals surface area contributed by atoms with Crippen LogP contribution >= 0.6 is 0 Å². The average Bonchev–Trinajstić information content (AvgIpc) is 2.19. The van der Waals surface area contributed by atoms with Crippen molar-refractivity contribution >= 4 is 0 Å². The molecule has 0 aromatic carbocycles. The molecule has 0 aromatic heterocycles. The van der Waals surface area contributed by atoms with E-state index in [1.807, 2.05) is 0 Å². The van der Waals surface area contributed by atoms with Crippen molar-refractivity contribution < 1.29 is 0 Å². The Balaban J connectivity index is 2.33. The van der Waals surface area contributed by atoms with E-state index >= 15 is 0 Å². The van der Waals surface area contributed by atoms with Gasteiger partial charge in [0.1, 0.15) is 0 Å². The molecular formula is C13H21N. The van der Waals surface area contributed by atoms with Crippen LogP contribution in [-0.2, 0) is 0 Å². The highest BCUT2D eigenvalue weighted by Gasteiger charge is 2.00. The number of rotatable bonds is 4. The Labute approximate surface area is 87.8 Å². The van der Waals surface area contributed by atoms with Gasteiger partial charge in [-0.25, -0.2) is 0 Å². The molecule has 1 rings (SSSR count). The minimum atomic E-state index is 0.624. The summed E-state index contributed by atoms with van der Waals surface area (Å²) in [5, 5.41) is 0. The van der Waals surface area contributed by atoms with E-state index in [0.717, 1.165) is 6.42 Å². The summed E-state index contributed by atoms with van der Waals surface area (Å²) in [7, 11) is 4.25. The van der Waals surface area contributed by atoms with Crippen LogP contribution in [0.3, 0.4) is 0 Å². The molecule has 0 bridgehead atoms. The van der Waals surface area contributed by atoms with Gasteiger partial charge < -0.3 is 4.90 Å². The van der Waals surface area contributed by atoms with Gasteiger partial charge in [-0.2, -0.15) is 0 Å². The van der Waals surface area contributed by atoms with Gasteiger partial charge in [0.25, 0.3) is 0 Å². The molecule has 0 amide bonds. The molecule has 0 aromatic rings. The maximum Gasteiger partial charge on any atom is 0.00954 e. The molecule has 1 unspecified atom stereocenters. The molecule has 1 atom stereocenters. The van der Waals surface area contributed by atoms with Crippen LogP contribution in [-0.4, -0.2) is 25.0 Å². The quantitative estimate of drug-likeness (QED) is 0.660. The minimum Gasteiger partial charge on any atom is -0.306 e. The summed E-state index contributed by atoms with van der Waals surface area (Å²) in [4.78, 5) is 2.25. The summed E-state index contributed by atoms with van der Waals surface area (Å²) < 4.78 is 0. The smallest absolute Gasteiger partial charge is 0.00954 e. The number of hydrogen-bond donors (Lipinski definition) is 0. The van der Waals surface area contributed by atoms with Crippen LogP contribution in [0.2, 0.25) is 0 Å². The predicted molar refractivity (Wildman–Crippen MR) is 63.4 cm³/mol. The topological polar surface area (TPSA) is 3.24 Å². The molecule has 0 saturated heterocycles. The SMILES string of the molecule is CC(CC=CC1=CCCC=C1)N(C)C. The van der Waals surface area contributed by atoms with Gasteiger partial charge in [0.05, 0.1) is 0 Å². The largest absolute Gasteiger partial charge is 0.306 e. The van der Waals surface area contributed by atoms with E-state index in [-0.39, 0.29) is 0 Å². The fourth-order valence-electron chi connectivity index (χ4n) is 1.37. The molecule has 0 heterocycles. The Morgan fingerprint density at radius 1 is 1.43 bits per heavy atom. The first-order valence-electron chi connectivity index (χ1n) is 5.40. The molecule has 0 spiro atoms. The first-order valence-corrected chi connectivity index (χ1v) is 5.40. The van der Waals surface area contributed by atoms with Crippen LogP contribution in [0.15, 0.2) is 36.0 Å². The first-order chi connectivity index (χ1) is 6.70. The van der Waals surface area contributed by atoms with Crippen molar-refractivity contribution in [3.63, 3.8) is 0 Å². The highest BCUT2D eigenvalue weighted by molar-refractivity contribution is 5.32. The minimum absolute atomic E-state index is 0.624. The molecule has 0 aliphatic heterocycles. The fourth-order valence-corrected chi connectivity index (χ4v) is 1.37. The van der Waals surface area contributed by atoms with E-state index in [0.29, 0.717) is 6.04 Å². The van der Waals surface area contributed by atoms with E-state index in [1.54, 1.807) is 0 Å². The second kappa shape index (κ2) is 5.82. The van der Waals surface area contributed by atoms with E-state index in [4.69, 9.17) is 0 Å². The lowest BCUT2D eigenvalue weighted by molar-refractivity contribution is 0.316. The molecule has 0 saturated carbocycles. The molecule has 14 heavy (non-hydrogen) atoms. The Kier molecular flexibility index (Phi) is 4.68. The van der Waals surface area contributed by atoms with Crippen LogP contribution in [0.4, 0.5) is 0 Å². The van der Waals surface area contributed by atoms with Crippen LogP contribution in [0, 0.1) is 0 Å². The Bertz CT molecular complexity index is 246. The van der Waals surface area contributed by atoms with Gasteiger partial charge in [0.15, 0.2) is 0 Å². The van der Waals surface area contributed by atoms with Gasteiger partial charge in [0.2, 0.25) is 0 Å². The molecular weight excluding hydrogens is 170 g/mol. The van der Waals surface area contributed by atoms with Gasteiger partial charge >= 0.3 is 0 Å². The van der Waals surface area contributed by atoms with Crippen molar-refractivity contribution in [2.24, 2.45) is 0 Å². The van der Waals surface area contributed by atoms with Crippen LogP contribution in [0.5, 0.6) is 0 Å². The monoisotopic (exact) mass is 191 g/mol. The van der Waals surface area contributed by atoms with E-state index in [1.165, 1.54) is 18.4 Å². The predicted octanol–water partition coefficient (Wildman–Crippen LogP) is 3.16. The van der Waals surface area contributed by atoms with E-state index < -0.39 is 0 Å². The summed E-state index contributed by atoms with van der Waals surface area (Å²) in [6.07, 6.45) is 14.8. The maximum atomic E-state index is 2.30. The Morgan fingerprint density at radius 3 is 2.79 bits per heavy atom. The lowest BCUT2D eigenvalue weighted by Gasteiger charge is -2.17. The average molecular weight is 191 g/mol. The summed E-state index contributed by atoms with van der Waals surface area (Å²) in [6, 6.07) is 0.624. The van der Waals surface area contributed by atoms with Gasteiger partial charge in [-0.3, -0.25) is 0 Å².